The second-order valence-electron chi connectivity index (χ2n) is 3.09. The molecule has 10 heteroatoms. The second kappa shape index (κ2) is 7.36. The van der Waals surface area contributed by atoms with Crippen LogP contribution in [0.1, 0.15) is 25.7 Å². The normalized spacial score (nSPS) is 12.2. The van der Waals surface area contributed by atoms with E-state index < -0.39 is 22.2 Å². The number of rotatable bonds is 8. The molecule has 0 radical (unpaired) electrons. The molecule has 0 rings (SSSR count). The number of halogens is 3. The Morgan fingerprint density at radius 1 is 1.18 bits per heavy atom. The maximum Gasteiger partial charge on any atom is 0.523 e. The van der Waals surface area contributed by atoms with E-state index in [-0.39, 0.29) is 6.42 Å². The second-order valence-corrected chi connectivity index (χ2v) is 4.70. The van der Waals surface area contributed by atoms with Crippen LogP contribution < -0.4 is 0 Å². The van der Waals surface area contributed by atoms with Gasteiger partial charge in [0.2, 0.25) is 0 Å². The van der Waals surface area contributed by atoms with Crippen molar-refractivity contribution in [3.63, 3.8) is 0 Å². The summed E-state index contributed by atoms with van der Waals surface area (Å²) in [5.74, 6) is 0. The number of alkyl halides is 3. The molecular weight excluding hydrogens is 263 g/mol. The molecule has 0 aliphatic heterocycles. The molecule has 0 N–H and O–H groups in total. The van der Waals surface area contributed by atoms with E-state index in [0.717, 1.165) is 0 Å². The van der Waals surface area contributed by atoms with E-state index in [4.69, 9.17) is 5.53 Å². The van der Waals surface area contributed by atoms with Crippen LogP contribution in [-0.4, -0.2) is 27.1 Å². The van der Waals surface area contributed by atoms with Crippen molar-refractivity contribution >= 4 is 10.1 Å². The lowest BCUT2D eigenvalue weighted by Gasteiger charge is -2.07. The summed E-state index contributed by atoms with van der Waals surface area (Å²) in [4.78, 5) is 2.52. The van der Waals surface area contributed by atoms with Gasteiger partial charge in [-0.25, -0.2) is 0 Å². The van der Waals surface area contributed by atoms with Gasteiger partial charge in [-0.2, -0.15) is 21.6 Å². The van der Waals surface area contributed by atoms with Gasteiger partial charge >= 0.3 is 15.6 Å². The summed E-state index contributed by atoms with van der Waals surface area (Å²) >= 11 is 0. The molecule has 0 aliphatic rings. The molecule has 0 fully saturated rings. The minimum atomic E-state index is -5.47. The van der Waals surface area contributed by atoms with Gasteiger partial charge in [0.15, 0.2) is 0 Å². The van der Waals surface area contributed by atoms with Gasteiger partial charge in [-0.05, 0) is 18.4 Å². The quantitative estimate of drug-likeness (QED) is 0.170. The molecule has 0 aromatic heterocycles. The Kier molecular flexibility index (Phi) is 6.93. The fourth-order valence-corrected chi connectivity index (χ4v) is 1.39. The Hall–Kier alpha value is -0.990. The standard InChI is InChI=1S/C7H12F3N3O3S/c8-7(9,10)17(14,15)16-6-4-2-1-3-5-12-13-11/h1-6H2. The highest BCUT2D eigenvalue weighted by molar-refractivity contribution is 7.87. The smallest absolute Gasteiger partial charge is 0.263 e. The summed E-state index contributed by atoms with van der Waals surface area (Å²) in [5.41, 5.74) is 2.57. The van der Waals surface area contributed by atoms with E-state index in [1.807, 2.05) is 0 Å². The lowest BCUT2D eigenvalue weighted by molar-refractivity contribution is -0.0542. The molecule has 6 nitrogen and oxygen atoms in total. The summed E-state index contributed by atoms with van der Waals surface area (Å²) in [6.45, 7) is -0.179. The zero-order valence-corrected chi connectivity index (χ0v) is 9.67. The predicted octanol–water partition coefficient (Wildman–Crippen LogP) is 2.72. The van der Waals surface area contributed by atoms with Crippen LogP contribution in [0, 0.1) is 0 Å². The summed E-state index contributed by atoms with van der Waals surface area (Å²) in [5, 5.41) is 3.27. The predicted molar refractivity (Wildman–Crippen MR) is 53.4 cm³/mol. The van der Waals surface area contributed by atoms with E-state index >= 15 is 0 Å². The van der Waals surface area contributed by atoms with Crippen molar-refractivity contribution in [1.82, 2.24) is 0 Å². The largest absolute Gasteiger partial charge is 0.523 e. The minimum absolute atomic E-state index is 0.200. The van der Waals surface area contributed by atoms with E-state index in [1.165, 1.54) is 0 Å². The van der Waals surface area contributed by atoms with Gasteiger partial charge in [-0.15, -0.1) is 0 Å². The van der Waals surface area contributed by atoms with Crippen LogP contribution >= 0.6 is 0 Å². The molecular formula is C7H12F3N3O3S. The van der Waals surface area contributed by atoms with Crippen molar-refractivity contribution in [1.29, 1.82) is 0 Å². The Balaban J connectivity index is 3.62. The highest BCUT2D eigenvalue weighted by atomic mass is 32.2. The van der Waals surface area contributed by atoms with Crippen molar-refractivity contribution in [2.24, 2.45) is 5.11 Å². The van der Waals surface area contributed by atoms with Crippen LogP contribution in [0.15, 0.2) is 5.11 Å². The van der Waals surface area contributed by atoms with Crippen molar-refractivity contribution < 1.29 is 25.8 Å². The first-order chi connectivity index (χ1) is 7.81. The van der Waals surface area contributed by atoms with Gasteiger partial charge < -0.3 is 0 Å². The molecule has 0 heterocycles. The number of nitrogens with zero attached hydrogens (tertiary/aromatic N) is 3. The van der Waals surface area contributed by atoms with Crippen molar-refractivity contribution in [3.8, 4) is 0 Å². The Morgan fingerprint density at radius 3 is 2.29 bits per heavy atom. The molecule has 0 saturated carbocycles. The molecule has 0 atom stereocenters. The molecule has 0 aromatic rings. The van der Waals surface area contributed by atoms with Gasteiger partial charge in [0.25, 0.3) is 0 Å². The van der Waals surface area contributed by atoms with Gasteiger partial charge in [-0.1, -0.05) is 18.0 Å². The number of hydrogen-bond donors (Lipinski definition) is 0. The molecule has 17 heavy (non-hydrogen) atoms. The monoisotopic (exact) mass is 275 g/mol. The Morgan fingerprint density at radius 2 is 1.76 bits per heavy atom. The van der Waals surface area contributed by atoms with E-state index in [9.17, 15) is 21.6 Å². The number of azide groups is 1. The van der Waals surface area contributed by atoms with Crippen LogP contribution in [0.2, 0.25) is 0 Å². The SMILES string of the molecule is [N-]=[N+]=NCCCCCCOS(=O)(=O)C(F)(F)F. The maximum atomic E-state index is 11.8. The van der Waals surface area contributed by atoms with Crippen molar-refractivity contribution in [2.75, 3.05) is 13.2 Å². The molecule has 0 bridgehead atoms. The molecule has 100 valence electrons. The van der Waals surface area contributed by atoms with Crippen LogP contribution in [-0.2, 0) is 14.3 Å². The molecule has 0 aliphatic carbocycles. The van der Waals surface area contributed by atoms with Gasteiger partial charge in [0.05, 0.1) is 6.61 Å². The van der Waals surface area contributed by atoms with Gasteiger partial charge in [0, 0.05) is 11.5 Å². The number of hydrogen-bond acceptors (Lipinski definition) is 4. The third-order valence-electron chi connectivity index (χ3n) is 1.74. The lowest BCUT2D eigenvalue weighted by atomic mass is 10.2. The van der Waals surface area contributed by atoms with E-state index in [0.29, 0.717) is 25.8 Å². The zero-order valence-electron chi connectivity index (χ0n) is 8.85. The average Bonchev–Trinajstić information content (AvgIpc) is 2.20. The first-order valence-electron chi connectivity index (χ1n) is 4.78. The lowest BCUT2D eigenvalue weighted by Crippen LogP contribution is -2.25. The van der Waals surface area contributed by atoms with Crippen LogP contribution in [0.4, 0.5) is 13.2 Å². The fraction of sp³-hybridized carbons (Fsp3) is 1.00. The van der Waals surface area contributed by atoms with E-state index in [1.54, 1.807) is 0 Å². The van der Waals surface area contributed by atoms with Crippen molar-refractivity contribution in [2.45, 2.75) is 31.2 Å². The Bertz CT molecular complexity index is 362. The van der Waals surface area contributed by atoms with Gasteiger partial charge in [-0.3, -0.25) is 4.18 Å². The van der Waals surface area contributed by atoms with Gasteiger partial charge in [0.1, 0.15) is 0 Å². The highest BCUT2D eigenvalue weighted by Gasteiger charge is 2.47. The summed E-state index contributed by atoms with van der Waals surface area (Å²) in [6, 6.07) is 0. The van der Waals surface area contributed by atoms with Crippen LogP contribution in [0.5, 0.6) is 0 Å². The number of unbranched alkanes of at least 4 members (excludes halogenated alkanes) is 3. The minimum Gasteiger partial charge on any atom is -0.263 e. The highest BCUT2D eigenvalue weighted by Crippen LogP contribution is 2.24. The van der Waals surface area contributed by atoms with Crippen LogP contribution in [0.3, 0.4) is 0 Å². The maximum absolute atomic E-state index is 11.8. The molecule has 0 unspecified atom stereocenters. The molecule has 0 amide bonds. The topological polar surface area (TPSA) is 92.1 Å². The Labute approximate surface area is 96.5 Å². The van der Waals surface area contributed by atoms with Crippen LogP contribution in [0.25, 0.3) is 10.4 Å². The summed E-state index contributed by atoms with van der Waals surface area (Å²) in [6.07, 6.45) is 1.95. The third kappa shape index (κ3) is 7.03. The fourth-order valence-electron chi connectivity index (χ4n) is 0.918. The molecule has 0 spiro atoms. The average molecular weight is 275 g/mol. The first-order valence-corrected chi connectivity index (χ1v) is 6.18. The first kappa shape index (κ1) is 16.0. The third-order valence-corrected chi connectivity index (χ3v) is 2.78. The molecule has 0 aromatic carbocycles. The van der Waals surface area contributed by atoms with E-state index in [2.05, 4.69) is 14.2 Å². The summed E-state index contributed by atoms with van der Waals surface area (Å²) in [7, 11) is -5.47. The molecule has 0 saturated heterocycles. The zero-order chi connectivity index (χ0) is 13.4. The van der Waals surface area contributed by atoms with Crippen molar-refractivity contribution in [3.05, 3.63) is 10.4 Å². The summed E-state index contributed by atoms with van der Waals surface area (Å²) < 4.78 is 60.0.